The van der Waals surface area contributed by atoms with Crippen molar-refractivity contribution >= 4 is 5.69 Å². The van der Waals surface area contributed by atoms with Crippen LogP contribution in [0.4, 0.5) is 5.69 Å². The molecular formula is C16H26N4. The van der Waals surface area contributed by atoms with Gasteiger partial charge in [0.15, 0.2) is 0 Å². The van der Waals surface area contributed by atoms with E-state index in [2.05, 4.69) is 40.8 Å². The SMILES string of the molecule is CC[C@@H](N)c1ccc(N2CC3CCCN3CC2C)cn1. The highest BCUT2D eigenvalue weighted by Gasteiger charge is 2.34. The molecule has 4 nitrogen and oxygen atoms in total. The third kappa shape index (κ3) is 2.54. The molecule has 2 fully saturated rings. The van der Waals surface area contributed by atoms with Crippen LogP contribution >= 0.6 is 0 Å². The second-order valence-electron chi connectivity index (χ2n) is 6.25. The lowest BCUT2D eigenvalue weighted by Crippen LogP contribution is -2.55. The minimum atomic E-state index is 0.0631. The molecule has 1 aromatic heterocycles. The Morgan fingerprint density at radius 2 is 2.25 bits per heavy atom. The maximum Gasteiger partial charge on any atom is 0.0572 e. The highest BCUT2D eigenvalue weighted by atomic mass is 15.3. The Morgan fingerprint density at radius 3 is 2.95 bits per heavy atom. The third-order valence-electron chi connectivity index (χ3n) is 4.86. The first-order valence-electron chi connectivity index (χ1n) is 7.91. The van der Waals surface area contributed by atoms with Crippen molar-refractivity contribution < 1.29 is 0 Å². The predicted molar refractivity (Wildman–Crippen MR) is 82.9 cm³/mol. The second kappa shape index (κ2) is 5.70. The molecule has 4 heteroatoms. The number of pyridine rings is 1. The van der Waals surface area contributed by atoms with Gasteiger partial charge in [-0.15, -0.1) is 0 Å². The minimum Gasteiger partial charge on any atom is -0.365 e. The van der Waals surface area contributed by atoms with Gasteiger partial charge in [-0.25, -0.2) is 0 Å². The van der Waals surface area contributed by atoms with Crippen LogP contribution in [0, 0.1) is 0 Å². The van der Waals surface area contributed by atoms with Crippen LogP contribution in [0.3, 0.4) is 0 Å². The smallest absolute Gasteiger partial charge is 0.0572 e. The zero-order chi connectivity index (χ0) is 14.1. The van der Waals surface area contributed by atoms with E-state index in [1.54, 1.807) is 0 Å². The molecule has 110 valence electrons. The number of anilines is 1. The van der Waals surface area contributed by atoms with Crippen LogP contribution in [0.15, 0.2) is 18.3 Å². The summed E-state index contributed by atoms with van der Waals surface area (Å²) in [6.45, 7) is 8.02. The van der Waals surface area contributed by atoms with E-state index in [9.17, 15) is 0 Å². The molecule has 3 heterocycles. The number of nitrogens with zero attached hydrogens (tertiary/aromatic N) is 3. The summed E-state index contributed by atoms with van der Waals surface area (Å²) in [4.78, 5) is 9.73. The van der Waals surface area contributed by atoms with Gasteiger partial charge in [-0.1, -0.05) is 6.92 Å². The molecule has 0 aliphatic carbocycles. The van der Waals surface area contributed by atoms with E-state index >= 15 is 0 Å². The fourth-order valence-electron chi connectivity index (χ4n) is 3.54. The Kier molecular flexibility index (Phi) is 3.94. The zero-order valence-corrected chi connectivity index (χ0v) is 12.6. The van der Waals surface area contributed by atoms with Crippen LogP contribution in [-0.2, 0) is 0 Å². The van der Waals surface area contributed by atoms with E-state index in [1.165, 1.54) is 31.6 Å². The maximum atomic E-state index is 6.04. The average molecular weight is 274 g/mol. The van der Waals surface area contributed by atoms with Crippen LogP contribution in [0.25, 0.3) is 0 Å². The third-order valence-corrected chi connectivity index (χ3v) is 4.86. The number of hydrogen-bond donors (Lipinski definition) is 1. The van der Waals surface area contributed by atoms with Crippen molar-refractivity contribution in [1.82, 2.24) is 9.88 Å². The Morgan fingerprint density at radius 1 is 1.40 bits per heavy atom. The number of aromatic nitrogens is 1. The van der Waals surface area contributed by atoms with Crippen molar-refractivity contribution in [2.75, 3.05) is 24.5 Å². The molecular weight excluding hydrogens is 248 g/mol. The van der Waals surface area contributed by atoms with E-state index in [1.807, 2.05) is 6.20 Å². The normalized spacial score (nSPS) is 28.4. The van der Waals surface area contributed by atoms with Gasteiger partial charge in [0.05, 0.1) is 17.6 Å². The number of hydrogen-bond acceptors (Lipinski definition) is 4. The largest absolute Gasteiger partial charge is 0.365 e. The molecule has 0 bridgehead atoms. The summed E-state index contributed by atoms with van der Waals surface area (Å²) < 4.78 is 0. The molecule has 2 saturated heterocycles. The van der Waals surface area contributed by atoms with E-state index in [-0.39, 0.29) is 6.04 Å². The van der Waals surface area contributed by atoms with Crippen LogP contribution in [0.1, 0.15) is 44.8 Å². The van der Waals surface area contributed by atoms with Crippen molar-refractivity contribution in [3.8, 4) is 0 Å². The first kappa shape index (κ1) is 13.8. The molecule has 0 radical (unpaired) electrons. The van der Waals surface area contributed by atoms with Crippen LogP contribution < -0.4 is 10.6 Å². The molecule has 0 saturated carbocycles. The van der Waals surface area contributed by atoms with Gasteiger partial charge in [-0.05, 0) is 44.9 Å². The van der Waals surface area contributed by atoms with Crippen molar-refractivity contribution in [3.05, 3.63) is 24.0 Å². The Labute approximate surface area is 122 Å². The fraction of sp³-hybridized carbons (Fsp3) is 0.688. The molecule has 3 rings (SSSR count). The first-order chi connectivity index (χ1) is 9.69. The van der Waals surface area contributed by atoms with E-state index in [4.69, 9.17) is 5.73 Å². The van der Waals surface area contributed by atoms with Crippen molar-refractivity contribution in [2.24, 2.45) is 5.73 Å². The van der Waals surface area contributed by atoms with E-state index in [0.717, 1.165) is 24.7 Å². The van der Waals surface area contributed by atoms with Crippen molar-refractivity contribution in [3.63, 3.8) is 0 Å². The van der Waals surface area contributed by atoms with Gasteiger partial charge in [0.1, 0.15) is 0 Å². The van der Waals surface area contributed by atoms with Gasteiger partial charge in [-0.2, -0.15) is 0 Å². The van der Waals surface area contributed by atoms with Crippen molar-refractivity contribution in [2.45, 2.75) is 51.2 Å². The molecule has 0 amide bonds. The van der Waals surface area contributed by atoms with Gasteiger partial charge in [0.2, 0.25) is 0 Å². The summed E-state index contributed by atoms with van der Waals surface area (Å²) >= 11 is 0. The van der Waals surface area contributed by atoms with Crippen molar-refractivity contribution in [1.29, 1.82) is 0 Å². The lowest BCUT2D eigenvalue weighted by molar-refractivity contribution is 0.203. The monoisotopic (exact) mass is 274 g/mol. The van der Waals surface area contributed by atoms with Gasteiger partial charge in [-0.3, -0.25) is 9.88 Å². The molecule has 1 aromatic rings. The summed E-state index contributed by atoms with van der Waals surface area (Å²) in [5, 5.41) is 0. The Bertz CT molecular complexity index is 444. The Balaban J connectivity index is 1.74. The summed E-state index contributed by atoms with van der Waals surface area (Å²) in [6, 6.07) is 5.66. The first-order valence-corrected chi connectivity index (χ1v) is 7.91. The van der Waals surface area contributed by atoms with Gasteiger partial charge >= 0.3 is 0 Å². The molecule has 0 spiro atoms. The standard InChI is InChI=1S/C16H26N4/c1-3-15(17)16-7-6-13(9-18-16)20-11-14-5-4-8-19(14)10-12(20)2/h6-7,9,12,14-15H,3-5,8,10-11,17H2,1-2H3/t12?,14?,15-/m1/s1. The van der Waals surface area contributed by atoms with Crippen LogP contribution in [0.5, 0.6) is 0 Å². The summed E-state index contributed by atoms with van der Waals surface area (Å²) in [5.74, 6) is 0. The molecule has 0 aromatic carbocycles. The van der Waals surface area contributed by atoms with E-state index < -0.39 is 0 Å². The number of nitrogens with two attached hydrogens (primary N) is 1. The van der Waals surface area contributed by atoms with Crippen LogP contribution in [0.2, 0.25) is 0 Å². The van der Waals surface area contributed by atoms with Crippen LogP contribution in [-0.4, -0.2) is 41.6 Å². The van der Waals surface area contributed by atoms with Gasteiger partial charge in [0.25, 0.3) is 0 Å². The number of fused-ring (bicyclic) bond motifs is 1. The number of piperazine rings is 1. The Hall–Kier alpha value is -1.13. The zero-order valence-electron chi connectivity index (χ0n) is 12.6. The molecule has 2 N–H and O–H groups in total. The molecule has 2 aliphatic heterocycles. The highest BCUT2D eigenvalue weighted by molar-refractivity contribution is 5.47. The summed E-state index contributed by atoms with van der Waals surface area (Å²) in [7, 11) is 0. The van der Waals surface area contributed by atoms with E-state index in [0.29, 0.717) is 6.04 Å². The number of rotatable bonds is 3. The average Bonchev–Trinajstić information content (AvgIpc) is 2.93. The molecule has 20 heavy (non-hydrogen) atoms. The molecule has 2 aliphatic rings. The minimum absolute atomic E-state index is 0.0631. The molecule has 2 unspecified atom stereocenters. The lowest BCUT2D eigenvalue weighted by Gasteiger charge is -2.43. The molecule has 3 atom stereocenters. The fourth-order valence-corrected chi connectivity index (χ4v) is 3.54. The highest BCUT2D eigenvalue weighted by Crippen LogP contribution is 2.28. The summed E-state index contributed by atoms with van der Waals surface area (Å²) in [6.07, 6.45) is 5.64. The quantitative estimate of drug-likeness (QED) is 0.917. The van der Waals surface area contributed by atoms with Gasteiger partial charge < -0.3 is 10.6 Å². The second-order valence-corrected chi connectivity index (χ2v) is 6.25. The summed E-state index contributed by atoms with van der Waals surface area (Å²) in [5.41, 5.74) is 8.29. The predicted octanol–water partition coefficient (Wildman–Crippen LogP) is 2.16. The maximum absolute atomic E-state index is 6.04. The topological polar surface area (TPSA) is 45.4 Å². The lowest BCUT2D eigenvalue weighted by atomic mass is 10.1. The van der Waals surface area contributed by atoms with Gasteiger partial charge in [0, 0.05) is 31.2 Å².